The number of pyridine rings is 1. The number of piperidine rings is 1. The Balaban J connectivity index is 1.42. The lowest BCUT2D eigenvalue weighted by molar-refractivity contribution is 0.211. The summed E-state index contributed by atoms with van der Waals surface area (Å²) in [6.07, 6.45) is 10.3. The Morgan fingerprint density at radius 3 is 2.62 bits per heavy atom. The molecule has 1 aliphatic rings. The number of rotatable bonds is 7. The molecule has 1 fully saturated rings. The van der Waals surface area contributed by atoms with E-state index in [0.29, 0.717) is 6.04 Å². The molecule has 1 N–H and O–H groups in total. The van der Waals surface area contributed by atoms with Gasteiger partial charge >= 0.3 is 0 Å². The van der Waals surface area contributed by atoms with Gasteiger partial charge in [0.1, 0.15) is 0 Å². The van der Waals surface area contributed by atoms with Crippen molar-refractivity contribution in [2.45, 2.75) is 52.1 Å². The van der Waals surface area contributed by atoms with Crippen molar-refractivity contribution in [1.29, 1.82) is 0 Å². The quantitative estimate of drug-likeness (QED) is 0.641. The topological polar surface area (TPSA) is 46.0 Å². The van der Waals surface area contributed by atoms with Gasteiger partial charge in [0.15, 0.2) is 0 Å². The molecule has 3 heterocycles. The van der Waals surface area contributed by atoms with Crippen LogP contribution in [0.3, 0.4) is 0 Å². The van der Waals surface area contributed by atoms with E-state index < -0.39 is 0 Å². The van der Waals surface area contributed by atoms with Crippen molar-refractivity contribution in [3.8, 4) is 5.69 Å². The number of anilines is 1. The number of para-hydroxylation sites is 1. The summed E-state index contributed by atoms with van der Waals surface area (Å²) in [6.45, 7) is 7.60. The van der Waals surface area contributed by atoms with Crippen LogP contribution in [-0.4, -0.2) is 38.8 Å². The first kappa shape index (κ1) is 19.6. The fourth-order valence-electron chi connectivity index (χ4n) is 4.19. The van der Waals surface area contributed by atoms with Crippen LogP contribution in [0, 0.1) is 6.92 Å². The molecule has 2 aromatic heterocycles. The minimum atomic E-state index is 0.505. The van der Waals surface area contributed by atoms with E-state index in [2.05, 4.69) is 64.1 Å². The summed E-state index contributed by atoms with van der Waals surface area (Å²) in [5, 5.41) is 8.54. The van der Waals surface area contributed by atoms with E-state index in [9.17, 15) is 0 Å². The van der Waals surface area contributed by atoms with Crippen molar-refractivity contribution in [2.75, 3.05) is 18.4 Å². The number of aryl methyl sites for hydroxylation is 1. The molecule has 1 aliphatic heterocycles. The molecule has 1 saturated heterocycles. The van der Waals surface area contributed by atoms with Crippen molar-refractivity contribution in [2.24, 2.45) is 0 Å². The zero-order chi connectivity index (χ0) is 20.1. The first-order chi connectivity index (χ1) is 14.2. The second kappa shape index (κ2) is 9.23. The average molecular weight is 390 g/mol. The van der Waals surface area contributed by atoms with E-state index in [0.717, 1.165) is 45.3 Å². The number of hydrogen-bond donors (Lipinski definition) is 1. The van der Waals surface area contributed by atoms with Gasteiger partial charge in [-0.3, -0.25) is 9.88 Å². The monoisotopic (exact) mass is 389 g/mol. The highest BCUT2D eigenvalue weighted by molar-refractivity contribution is 5.52. The molecule has 0 saturated carbocycles. The second-order valence-corrected chi connectivity index (χ2v) is 8.01. The van der Waals surface area contributed by atoms with Crippen molar-refractivity contribution in [1.82, 2.24) is 19.7 Å². The molecule has 5 nitrogen and oxygen atoms in total. The molecule has 152 valence electrons. The molecular formula is C24H31N5. The Morgan fingerprint density at radius 1 is 1.07 bits per heavy atom. The lowest BCUT2D eigenvalue weighted by Crippen LogP contribution is -2.38. The molecular weight excluding hydrogens is 358 g/mol. The van der Waals surface area contributed by atoms with Crippen LogP contribution < -0.4 is 5.32 Å². The van der Waals surface area contributed by atoms with Gasteiger partial charge in [-0.2, -0.15) is 5.10 Å². The Morgan fingerprint density at radius 2 is 1.90 bits per heavy atom. The predicted octanol–water partition coefficient (Wildman–Crippen LogP) is 4.60. The zero-order valence-corrected chi connectivity index (χ0v) is 17.5. The van der Waals surface area contributed by atoms with Gasteiger partial charge in [0.2, 0.25) is 0 Å². The molecule has 29 heavy (non-hydrogen) atoms. The van der Waals surface area contributed by atoms with Crippen LogP contribution in [-0.2, 0) is 13.0 Å². The normalized spacial score (nSPS) is 15.5. The molecule has 1 aromatic carbocycles. The van der Waals surface area contributed by atoms with Crippen LogP contribution in [0.2, 0.25) is 0 Å². The van der Waals surface area contributed by atoms with Gasteiger partial charge in [-0.1, -0.05) is 37.6 Å². The fourth-order valence-corrected chi connectivity index (χ4v) is 4.19. The zero-order valence-electron chi connectivity index (χ0n) is 17.5. The highest BCUT2D eigenvalue weighted by Gasteiger charge is 2.21. The molecule has 0 unspecified atom stereocenters. The van der Waals surface area contributed by atoms with Gasteiger partial charge in [0.25, 0.3) is 0 Å². The SMILES string of the molecule is CCCc1c(NC2CCN(Cc3cccnc3)CC2)cnn1-c1ccccc1C. The molecule has 0 aliphatic carbocycles. The second-order valence-electron chi connectivity index (χ2n) is 8.01. The van der Waals surface area contributed by atoms with Crippen LogP contribution in [0.15, 0.2) is 55.0 Å². The number of likely N-dealkylation sites (tertiary alicyclic amines) is 1. The maximum atomic E-state index is 4.74. The third kappa shape index (κ3) is 4.67. The molecule has 0 amide bonds. The van der Waals surface area contributed by atoms with Gasteiger partial charge in [-0.05, 0) is 49.4 Å². The van der Waals surface area contributed by atoms with E-state index in [-0.39, 0.29) is 0 Å². The third-order valence-corrected chi connectivity index (χ3v) is 5.78. The summed E-state index contributed by atoms with van der Waals surface area (Å²) in [7, 11) is 0. The fraction of sp³-hybridized carbons (Fsp3) is 0.417. The van der Waals surface area contributed by atoms with E-state index >= 15 is 0 Å². The maximum Gasteiger partial charge on any atom is 0.0766 e. The standard InChI is InChI=1S/C24H31N5/c1-3-7-24-22(17-26-29(24)23-10-5-4-8-19(23)2)27-21-11-14-28(15-12-21)18-20-9-6-13-25-16-20/h4-6,8-10,13,16-17,21,27H,3,7,11-12,14-15,18H2,1-2H3. The number of benzene rings is 1. The van der Waals surface area contributed by atoms with Crippen molar-refractivity contribution in [3.05, 3.63) is 71.8 Å². The van der Waals surface area contributed by atoms with Crippen molar-refractivity contribution >= 4 is 5.69 Å². The van der Waals surface area contributed by atoms with Gasteiger partial charge < -0.3 is 5.32 Å². The Labute approximate surface area is 173 Å². The Bertz CT molecular complexity index is 910. The molecule has 0 radical (unpaired) electrons. The van der Waals surface area contributed by atoms with Crippen LogP contribution in [0.25, 0.3) is 5.69 Å². The lowest BCUT2D eigenvalue weighted by atomic mass is 10.0. The first-order valence-corrected chi connectivity index (χ1v) is 10.7. The Kier molecular flexibility index (Phi) is 6.25. The molecule has 0 bridgehead atoms. The van der Waals surface area contributed by atoms with E-state index in [1.54, 1.807) is 0 Å². The van der Waals surface area contributed by atoms with Crippen LogP contribution >= 0.6 is 0 Å². The van der Waals surface area contributed by atoms with Crippen LogP contribution in [0.4, 0.5) is 5.69 Å². The van der Waals surface area contributed by atoms with Crippen molar-refractivity contribution < 1.29 is 0 Å². The third-order valence-electron chi connectivity index (χ3n) is 5.78. The van der Waals surface area contributed by atoms with Gasteiger partial charge in [-0.15, -0.1) is 0 Å². The van der Waals surface area contributed by atoms with Crippen LogP contribution in [0.5, 0.6) is 0 Å². The van der Waals surface area contributed by atoms with E-state index in [1.165, 1.54) is 28.2 Å². The summed E-state index contributed by atoms with van der Waals surface area (Å²) >= 11 is 0. The van der Waals surface area contributed by atoms with Crippen LogP contribution in [0.1, 0.15) is 43.0 Å². The average Bonchev–Trinajstić information content (AvgIpc) is 3.13. The van der Waals surface area contributed by atoms with Gasteiger partial charge in [0.05, 0.1) is 23.3 Å². The number of hydrogen-bond acceptors (Lipinski definition) is 4. The molecule has 0 spiro atoms. The summed E-state index contributed by atoms with van der Waals surface area (Å²) in [5.74, 6) is 0. The van der Waals surface area contributed by atoms with Crippen molar-refractivity contribution in [3.63, 3.8) is 0 Å². The highest BCUT2D eigenvalue weighted by atomic mass is 15.3. The minimum absolute atomic E-state index is 0.505. The summed E-state index contributed by atoms with van der Waals surface area (Å²) in [5.41, 5.74) is 6.21. The first-order valence-electron chi connectivity index (χ1n) is 10.7. The lowest BCUT2D eigenvalue weighted by Gasteiger charge is -2.32. The molecule has 0 atom stereocenters. The predicted molar refractivity (Wildman–Crippen MR) is 118 cm³/mol. The van der Waals surface area contributed by atoms with Gasteiger partial charge in [-0.25, -0.2) is 4.68 Å². The molecule has 5 heteroatoms. The number of aromatic nitrogens is 3. The smallest absolute Gasteiger partial charge is 0.0766 e. The largest absolute Gasteiger partial charge is 0.379 e. The Hall–Kier alpha value is -2.66. The summed E-state index contributed by atoms with van der Waals surface area (Å²) in [6, 6.07) is 13.2. The summed E-state index contributed by atoms with van der Waals surface area (Å²) < 4.78 is 2.12. The number of nitrogens with one attached hydrogen (secondary N) is 1. The van der Waals surface area contributed by atoms with Gasteiger partial charge in [0, 0.05) is 38.1 Å². The molecule has 3 aromatic rings. The number of nitrogens with zero attached hydrogens (tertiary/aromatic N) is 4. The maximum absolute atomic E-state index is 4.74. The van der Waals surface area contributed by atoms with E-state index in [1.807, 2.05) is 24.7 Å². The summed E-state index contributed by atoms with van der Waals surface area (Å²) in [4.78, 5) is 6.76. The van der Waals surface area contributed by atoms with E-state index in [4.69, 9.17) is 5.10 Å². The minimum Gasteiger partial charge on any atom is -0.379 e. The highest BCUT2D eigenvalue weighted by Crippen LogP contribution is 2.25. The molecule has 4 rings (SSSR count).